The lowest BCUT2D eigenvalue weighted by Gasteiger charge is -2.20. The standard InChI is InChI=1S/C27H23N5O3S2/c1-2-34-23-16-18(10-11-22(23)35-13-14-36-20-8-4-3-5-9-20)15-21-24(28)32-27(30-25(21)33)37-26(31-32)19-7-6-12-29-17-19/h3-12,15-17,28H,2,13-14H2,1H3/b21-15-,28-24?. The van der Waals surface area contributed by atoms with Crippen LogP contribution < -0.4 is 9.47 Å². The normalized spacial score (nSPS) is 15.9. The first-order valence-electron chi connectivity index (χ1n) is 11.6. The molecule has 186 valence electrons. The van der Waals surface area contributed by atoms with Gasteiger partial charge in [-0.15, -0.1) is 11.8 Å². The summed E-state index contributed by atoms with van der Waals surface area (Å²) in [5, 5.41) is 15.5. The molecule has 2 aliphatic heterocycles. The van der Waals surface area contributed by atoms with Crippen LogP contribution in [0.3, 0.4) is 0 Å². The number of amides is 1. The fraction of sp³-hybridized carbons (Fsp3) is 0.148. The van der Waals surface area contributed by atoms with Gasteiger partial charge < -0.3 is 9.47 Å². The number of nitrogens with zero attached hydrogens (tertiary/aromatic N) is 4. The van der Waals surface area contributed by atoms with Crippen LogP contribution in [0.15, 0.2) is 93.6 Å². The Labute approximate surface area is 223 Å². The van der Waals surface area contributed by atoms with Crippen LogP contribution in [0, 0.1) is 5.41 Å². The first kappa shape index (κ1) is 24.8. The third-order valence-electron chi connectivity index (χ3n) is 5.29. The van der Waals surface area contributed by atoms with Gasteiger partial charge in [0.15, 0.2) is 17.3 Å². The number of hydrogen-bond acceptors (Lipinski definition) is 8. The number of hydrazone groups is 1. The molecular formula is C27H23N5O3S2. The van der Waals surface area contributed by atoms with Gasteiger partial charge in [-0.2, -0.15) is 15.1 Å². The highest BCUT2D eigenvalue weighted by molar-refractivity contribution is 8.27. The van der Waals surface area contributed by atoms with Gasteiger partial charge in [0.1, 0.15) is 5.04 Å². The third-order valence-corrected chi connectivity index (χ3v) is 7.23. The Kier molecular flexibility index (Phi) is 7.67. The SMILES string of the molecule is CCOc1cc(/C=C2/C(=N)N3N=C(c4cccnc4)SC3=NC2=O)ccc1OCCSc1ccccc1. The molecule has 0 saturated carbocycles. The van der Waals surface area contributed by atoms with Crippen LogP contribution in [0.25, 0.3) is 6.08 Å². The maximum atomic E-state index is 12.8. The van der Waals surface area contributed by atoms with Gasteiger partial charge >= 0.3 is 0 Å². The molecule has 2 aromatic carbocycles. The zero-order chi connectivity index (χ0) is 25.6. The van der Waals surface area contributed by atoms with Crippen molar-refractivity contribution >= 4 is 51.6 Å². The van der Waals surface area contributed by atoms with E-state index in [1.54, 1.807) is 36.3 Å². The molecule has 0 aliphatic carbocycles. The van der Waals surface area contributed by atoms with Crippen molar-refractivity contribution in [3.05, 3.63) is 89.8 Å². The number of hydrogen-bond donors (Lipinski definition) is 1. The molecule has 1 amide bonds. The minimum atomic E-state index is -0.484. The molecule has 5 rings (SSSR count). The number of rotatable bonds is 9. The lowest BCUT2D eigenvalue weighted by molar-refractivity contribution is -0.114. The Balaban J connectivity index is 1.31. The third kappa shape index (κ3) is 5.76. The number of nitrogens with one attached hydrogen (secondary N) is 1. The number of amidine groups is 2. The summed E-state index contributed by atoms with van der Waals surface area (Å²) in [6.07, 6.45) is 4.99. The Bertz CT molecular complexity index is 1410. The summed E-state index contributed by atoms with van der Waals surface area (Å²) in [6, 6.07) is 19.3. The molecule has 8 nitrogen and oxygen atoms in total. The van der Waals surface area contributed by atoms with Crippen LogP contribution in [0.4, 0.5) is 0 Å². The summed E-state index contributed by atoms with van der Waals surface area (Å²) in [7, 11) is 0. The zero-order valence-electron chi connectivity index (χ0n) is 20.0. The molecule has 1 aromatic heterocycles. The van der Waals surface area contributed by atoms with E-state index < -0.39 is 5.91 Å². The molecule has 0 unspecified atom stereocenters. The number of ether oxygens (including phenoxy) is 2. The van der Waals surface area contributed by atoms with Crippen molar-refractivity contribution in [3.8, 4) is 11.5 Å². The molecule has 1 N–H and O–H groups in total. The zero-order valence-corrected chi connectivity index (χ0v) is 21.6. The van der Waals surface area contributed by atoms with Crippen molar-refractivity contribution in [1.82, 2.24) is 9.99 Å². The summed E-state index contributed by atoms with van der Waals surface area (Å²) >= 11 is 2.96. The first-order chi connectivity index (χ1) is 18.1. The van der Waals surface area contributed by atoms with E-state index in [2.05, 4.69) is 27.2 Å². The van der Waals surface area contributed by atoms with Gasteiger partial charge in [-0.25, -0.2) is 0 Å². The topological polar surface area (TPSA) is 100 Å². The highest BCUT2D eigenvalue weighted by Crippen LogP contribution is 2.33. The summed E-state index contributed by atoms with van der Waals surface area (Å²) in [6.45, 7) is 2.89. The van der Waals surface area contributed by atoms with E-state index in [1.165, 1.54) is 21.7 Å². The Morgan fingerprint density at radius 3 is 2.73 bits per heavy atom. The first-order valence-corrected chi connectivity index (χ1v) is 13.4. The van der Waals surface area contributed by atoms with Gasteiger partial charge in [0, 0.05) is 28.6 Å². The lowest BCUT2D eigenvalue weighted by Crippen LogP contribution is -2.35. The molecule has 10 heteroatoms. The van der Waals surface area contributed by atoms with Gasteiger partial charge in [0.25, 0.3) is 5.91 Å². The molecule has 0 atom stereocenters. The molecular weight excluding hydrogens is 506 g/mol. The second-order valence-electron chi connectivity index (χ2n) is 7.82. The highest BCUT2D eigenvalue weighted by atomic mass is 32.2. The average Bonchev–Trinajstić information content (AvgIpc) is 3.35. The van der Waals surface area contributed by atoms with Crippen LogP contribution in [0.1, 0.15) is 18.1 Å². The van der Waals surface area contributed by atoms with Gasteiger partial charge in [-0.3, -0.25) is 15.2 Å². The van der Waals surface area contributed by atoms with Crippen LogP contribution in [-0.4, -0.2) is 50.9 Å². The number of aromatic nitrogens is 1. The highest BCUT2D eigenvalue weighted by Gasteiger charge is 2.36. The van der Waals surface area contributed by atoms with E-state index in [0.717, 1.165) is 11.3 Å². The van der Waals surface area contributed by atoms with Crippen molar-refractivity contribution in [2.45, 2.75) is 11.8 Å². The van der Waals surface area contributed by atoms with E-state index >= 15 is 0 Å². The minimum Gasteiger partial charge on any atom is -0.490 e. The van der Waals surface area contributed by atoms with Crippen LogP contribution in [0.2, 0.25) is 0 Å². The molecule has 2 aliphatic rings. The number of carbonyl (C=O) groups is 1. The number of pyridine rings is 1. The molecule has 0 radical (unpaired) electrons. The number of fused-ring (bicyclic) bond motifs is 1. The van der Waals surface area contributed by atoms with Crippen molar-refractivity contribution in [3.63, 3.8) is 0 Å². The second-order valence-corrected chi connectivity index (χ2v) is 9.94. The fourth-order valence-corrected chi connectivity index (χ4v) is 5.23. The number of carbonyl (C=O) groups excluding carboxylic acids is 1. The summed E-state index contributed by atoms with van der Waals surface area (Å²) in [4.78, 5) is 22.3. The van der Waals surface area contributed by atoms with E-state index in [0.29, 0.717) is 40.5 Å². The van der Waals surface area contributed by atoms with Crippen molar-refractivity contribution < 1.29 is 14.3 Å². The molecule has 37 heavy (non-hydrogen) atoms. The van der Waals surface area contributed by atoms with Crippen LogP contribution >= 0.6 is 23.5 Å². The molecule has 0 spiro atoms. The quantitative estimate of drug-likeness (QED) is 0.227. The van der Waals surface area contributed by atoms with E-state index in [1.807, 2.05) is 49.4 Å². The smallest absolute Gasteiger partial charge is 0.283 e. The molecule has 0 bridgehead atoms. The largest absolute Gasteiger partial charge is 0.490 e. The molecule has 3 aromatic rings. The van der Waals surface area contributed by atoms with E-state index in [-0.39, 0.29) is 11.4 Å². The predicted molar refractivity (Wildman–Crippen MR) is 149 cm³/mol. The molecule has 3 heterocycles. The minimum absolute atomic E-state index is 0.0300. The van der Waals surface area contributed by atoms with Crippen molar-refractivity contribution in [2.24, 2.45) is 10.1 Å². The maximum Gasteiger partial charge on any atom is 0.283 e. The lowest BCUT2D eigenvalue weighted by atomic mass is 10.1. The number of thioether (sulfide) groups is 2. The monoisotopic (exact) mass is 529 g/mol. The summed E-state index contributed by atoms with van der Waals surface area (Å²) in [5.41, 5.74) is 1.65. The van der Waals surface area contributed by atoms with E-state index in [4.69, 9.17) is 14.9 Å². The van der Waals surface area contributed by atoms with Gasteiger partial charge in [-0.05, 0) is 66.7 Å². The number of aliphatic imine (C=N–C) groups is 1. The Morgan fingerprint density at radius 2 is 1.95 bits per heavy atom. The van der Waals surface area contributed by atoms with Crippen LogP contribution in [-0.2, 0) is 4.79 Å². The van der Waals surface area contributed by atoms with Gasteiger partial charge in [-0.1, -0.05) is 24.3 Å². The average molecular weight is 530 g/mol. The number of benzene rings is 2. The summed E-state index contributed by atoms with van der Waals surface area (Å²) < 4.78 is 11.8. The van der Waals surface area contributed by atoms with Crippen molar-refractivity contribution in [2.75, 3.05) is 19.0 Å². The predicted octanol–water partition coefficient (Wildman–Crippen LogP) is 5.32. The molecule has 0 fully saturated rings. The van der Waals surface area contributed by atoms with Crippen molar-refractivity contribution in [1.29, 1.82) is 5.41 Å². The van der Waals surface area contributed by atoms with Crippen LogP contribution in [0.5, 0.6) is 11.5 Å². The maximum absolute atomic E-state index is 12.8. The van der Waals surface area contributed by atoms with E-state index in [9.17, 15) is 4.79 Å². The van der Waals surface area contributed by atoms with Gasteiger partial charge in [0.2, 0.25) is 5.17 Å². The second kappa shape index (κ2) is 11.4. The summed E-state index contributed by atoms with van der Waals surface area (Å²) in [5.74, 6) is 1.49. The Hall–Kier alpha value is -3.89. The Morgan fingerprint density at radius 1 is 1.08 bits per heavy atom. The fourth-order valence-electron chi connectivity index (χ4n) is 3.59. The van der Waals surface area contributed by atoms with Gasteiger partial charge in [0.05, 0.1) is 18.8 Å². The molecule has 0 saturated heterocycles.